The van der Waals surface area contributed by atoms with Crippen LogP contribution in [0.2, 0.25) is 5.02 Å². The van der Waals surface area contributed by atoms with Crippen LogP contribution in [0.25, 0.3) is 0 Å². The molecule has 0 bridgehead atoms. The molecular weight excluding hydrogens is 288 g/mol. The lowest BCUT2D eigenvalue weighted by Gasteiger charge is -2.13. The smallest absolute Gasteiger partial charge is 0.0830 e. The van der Waals surface area contributed by atoms with Gasteiger partial charge in [-0.15, -0.1) is 11.8 Å². The second-order valence-electron chi connectivity index (χ2n) is 4.82. The van der Waals surface area contributed by atoms with Crippen molar-refractivity contribution in [2.75, 3.05) is 5.75 Å². The highest BCUT2D eigenvalue weighted by molar-refractivity contribution is 7.99. The maximum absolute atomic E-state index is 10.3. The van der Waals surface area contributed by atoms with Crippen molar-refractivity contribution >= 4 is 23.4 Å². The second kappa shape index (κ2) is 7.16. The van der Waals surface area contributed by atoms with Crippen molar-refractivity contribution in [3.05, 3.63) is 64.2 Å². The van der Waals surface area contributed by atoms with Crippen molar-refractivity contribution in [2.45, 2.75) is 31.3 Å². The van der Waals surface area contributed by atoms with Gasteiger partial charge in [-0.05, 0) is 47.6 Å². The molecule has 0 heterocycles. The van der Waals surface area contributed by atoms with E-state index < -0.39 is 6.10 Å². The highest BCUT2D eigenvalue weighted by atomic mass is 35.5. The standard InChI is InChI=1S/C17H19ClOS/c1-3-20-15-8-6-13(7-9-15)17(19)11-14-5-4-12(2)10-16(14)18/h4-10,17,19H,3,11H2,1-2H3. The molecule has 1 nitrogen and oxygen atoms in total. The number of benzene rings is 2. The Morgan fingerprint density at radius 1 is 1.15 bits per heavy atom. The Morgan fingerprint density at radius 3 is 2.45 bits per heavy atom. The fraction of sp³-hybridized carbons (Fsp3) is 0.294. The molecule has 3 heteroatoms. The predicted molar refractivity (Wildman–Crippen MR) is 87.7 cm³/mol. The number of hydrogen-bond acceptors (Lipinski definition) is 2. The van der Waals surface area contributed by atoms with Gasteiger partial charge in [0.15, 0.2) is 0 Å². The zero-order valence-corrected chi connectivity index (χ0v) is 13.3. The van der Waals surface area contributed by atoms with Gasteiger partial charge < -0.3 is 5.11 Å². The van der Waals surface area contributed by atoms with Crippen molar-refractivity contribution in [1.29, 1.82) is 0 Å². The molecule has 0 aliphatic rings. The topological polar surface area (TPSA) is 20.2 Å². The maximum atomic E-state index is 10.3. The van der Waals surface area contributed by atoms with Crippen molar-refractivity contribution in [3.8, 4) is 0 Å². The Balaban J connectivity index is 2.09. The molecule has 1 N–H and O–H groups in total. The summed E-state index contributed by atoms with van der Waals surface area (Å²) in [6.07, 6.45) is 0.0234. The van der Waals surface area contributed by atoms with E-state index in [0.717, 1.165) is 27.5 Å². The average molecular weight is 307 g/mol. The lowest BCUT2D eigenvalue weighted by atomic mass is 10.0. The summed E-state index contributed by atoms with van der Waals surface area (Å²) in [4.78, 5) is 1.23. The van der Waals surface area contributed by atoms with Gasteiger partial charge in [0.2, 0.25) is 0 Å². The Kier molecular flexibility index (Phi) is 5.53. The third-order valence-corrected chi connectivity index (χ3v) is 4.44. The van der Waals surface area contributed by atoms with Crippen LogP contribution in [-0.4, -0.2) is 10.9 Å². The molecule has 0 amide bonds. The van der Waals surface area contributed by atoms with E-state index in [-0.39, 0.29) is 0 Å². The highest BCUT2D eigenvalue weighted by Crippen LogP contribution is 2.26. The van der Waals surface area contributed by atoms with Crippen molar-refractivity contribution in [1.82, 2.24) is 0 Å². The quantitative estimate of drug-likeness (QED) is 0.781. The molecule has 0 saturated carbocycles. The van der Waals surface area contributed by atoms with E-state index in [1.807, 2.05) is 37.3 Å². The van der Waals surface area contributed by atoms with E-state index in [9.17, 15) is 5.11 Å². The number of aliphatic hydroxyl groups is 1. The zero-order chi connectivity index (χ0) is 14.5. The van der Waals surface area contributed by atoms with Crippen LogP contribution < -0.4 is 0 Å². The number of rotatable bonds is 5. The molecule has 1 unspecified atom stereocenters. The Bertz CT molecular complexity index is 566. The molecule has 106 valence electrons. The van der Waals surface area contributed by atoms with Crippen LogP contribution in [0.3, 0.4) is 0 Å². The van der Waals surface area contributed by atoms with Crippen LogP contribution in [0.1, 0.15) is 29.7 Å². The van der Waals surface area contributed by atoms with Gasteiger partial charge in [0.1, 0.15) is 0 Å². The summed E-state index contributed by atoms with van der Waals surface area (Å²) in [7, 11) is 0. The first-order chi connectivity index (χ1) is 9.60. The number of halogens is 1. The summed E-state index contributed by atoms with van der Waals surface area (Å²) in [6.45, 7) is 4.14. The molecule has 2 rings (SSSR count). The molecule has 0 fully saturated rings. The first-order valence-corrected chi connectivity index (χ1v) is 8.12. The molecule has 0 aromatic heterocycles. The van der Waals surface area contributed by atoms with Crippen LogP contribution in [0.5, 0.6) is 0 Å². The summed E-state index contributed by atoms with van der Waals surface area (Å²) in [5, 5.41) is 11.0. The normalized spacial score (nSPS) is 12.4. The minimum atomic E-state index is -0.518. The van der Waals surface area contributed by atoms with Gasteiger partial charge in [-0.25, -0.2) is 0 Å². The number of thioether (sulfide) groups is 1. The van der Waals surface area contributed by atoms with Gasteiger partial charge in [0, 0.05) is 16.3 Å². The first-order valence-electron chi connectivity index (χ1n) is 6.76. The Hall–Kier alpha value is -0.960. The van der Waals surface area contributed by atoms with Crippen molar-refractivity contribution < 1.29 is 5.11 Å². The zero-order valence-electron chi connectivity index (χ0n) is 11.8. The summed E-state index contributed by atoms with van der Waals surface area (Å²) < 4.78 is 0. The van der Waals surface area contributed by atoms with Gasteiger partial charge >= 0.3 is 0 Å². The third-order valence-electron chi connectivity index (χ3n) is 3.20. The monoisotopic (exact) mass is 306 g/mol. The summed E-state index contributed by atoms with van der Waals surface area (Å²) in [6, 6.07) is 14.0. The molecule has 0 aliphatic heterocycles. The van der Waals surface area contributed by atoms with Crippen molar-refractivity contribution in [3.63, 3.8) is 0 Å². The SMILES string of the molecule is CCSc1ccc(C(O)Cc2ccc(C)cc2Cl)cc1. The van der Waals surface area contributed by atoms with Crippen LogP contribution in [0.15, 0.2) is 47.4 Å². The van der Waals surface area contributed by atoms with Gasteiger partial charge in [0.25, 0.3) is 0 Å². The lowest BCUT2D eigenvalue weighted by Crippen LogP contribution is -2.02. The van der Waals surface area contributed by atoms with Crippen LogP contribution in [0.4, 0.5) is 0 Å². The van der Waals surface area contributed by atoms with E-state index in [1.165, 1.54) is 4.90 Å². The van der Waals surface area contributed by atoms with Crippen LogP contribution >= 0.6 is 23.4 Å². The summed E-state index contributed by atoms with van der Waals surface area (Å²) in [5.74, 6) is 1.06. The van der Waals surface area contributed by atoms with E-state index in [0.29, 0.717) is 6.42 Å². The minimum Gasteiger partial charge on any atom is -0.388 e. The van der Waals surface area contributed by atoms with Crippen LogP contribution in [0, 0.1) is 6.92 Å². The van der Waals surface area contributed by atoms with E-state index in [4.69, 9.17) is 11.6 Å². The maximum Gasteiger partial charge on any atom is 0.0830 e. The average Bonchev–Trinajstić information content (AvgIpc) is 2.43. The largest absolute Gasteiger partial charge is 0.388 e. The molecular formula is C17H19ClOS. The molecule has 0 saturated heterocycles. The predicted octanol–water partition coefficient (Wildman–Crippen LogP) is 5.04. The van der Waals surface area contributed by atoms with Crippen LogP contribution in [-0.2, 0) is 6.42 Å². The minimum absolute atomic E-state index is 0.518. The van der Waals surface area contributed by atoms with E-state index in [1.54, 1.807) is 11.8 Å². The molecule has 1 atom stereocenters. The number of aliphatic hydroxyl groups excluding tert-OH is 1. The Labute approximate surface area is 130 Å². The Morgan fingerprint density at radius 2 is 1.85 bits per heavy atom. The van der Waals surface area contributed by atoms with Gasteiger partial charge in [0.05, 0.1) is 6.10 Å². The molecule has 2 aromatic carbocycles. The molecule has 20 heavy (non-hydrogen) atoms. The second-order valence-corrected chi connectivity index (χ2v) is 6.56. The molecule has 0 aliphatic carbocycles. The fourth-order valence-corrected chi connectivity index (χ4v) is 3.07. The van der Waals surface area contributed by atoms with Crippen molar-refractivity contribution in [2.24, 2.45) is 0 Å². The highest BCUT2D eigenvalue weighted by Gasteiger charge is 2.11. The summed E-state index contributed by atoms with van der Waals surface area (Å²) in [5.41, 5.74) is 3.05. The van der Waals surface area contributed by atoms with E-state index >= 15 is 0 Å². The lowest BCUT2D eigenvalue weighted by molar-refractivity contribution is 0.178. The molecule has 2 aromatic rings. The fourth-order valence-electron chi connectivity index (χ4n) is 2.10. The number of hydrogen-bond donors (Lipinski definition) is 1. The van der Waals surface area contributed by atoms with Gasteiger partial charge in [-0.1, -0.05) is 42.8 Å². The van der Waals surface area contributed by atoms with Gasteiger partial charge in [-0.2, -0.15) is 0 Å². The molecule has 0 spiro atoms. The van der Waals surface area contributed by atoms with E-state index in [2.05, 4.69) is 19.1 Å². The number of aryl methyl sites for hydroxylation is 1. The molecule has 0 radical (unpaired) electrons. The van der Waals surface area contributed by atoms with Gasteiger partial charge in [-0.3, -0.25) is 0 Å². The first kappa shape index (κ1) is 15.4. The summed E-state index contributed by atoms with van der Waals surface area (Å²) >= 11 is 8.01. The third kappa shape index (κ3) is 4.02.